The van der Waals surface area contributed by atoms with Crippen molar-refractivity contribution in [3.63, 3.8) is 0 Å². The lowest BCUT2D eigenvalue weighted by Crippen LogP contribution is -2.23. The van der Waals surface area contributed by atoms with Gasteiger partial charge in [0.1, 0.15) is 24.7 Å². The molecular weight excluding hydrogens is 334 g/mol. The number of nitrogens with two attached hydrogens (primary N) is 1. The number of hydrazone groups is 1. The quantitative estimate of drug-likeness (QED) is 0.329. The van der Waals surface area contributed by atoms with Crippen molar-refractivity contribution in [3.05, 3.63) is 59.2 Å². The predicted octanol–water partition coefficient (Wildman–Crippen LogP) is 3.18. The van der Waals surface area contributed by atoms with Crippen molar-refractivity contribution in [2.75, 3.05) is 13.2 Å². The SMILES string of the molecule is CCc1cc(C)cc(OCCOc2cccc(/C=N\NC(N)=S)c2)c1. The molecule has 0 atom stereocenters. The zero-order valence-electron chi connectivity index (χ0n) is 14.5. The fourth-order valence-corrected chi connectivity index (χ4v) is 2.34. The van der Waals surface area contributed by atoms with Crippen molar-refractivity contribution in [1.29, 1.82) is 0 Å². The summed E-state index contributed by atoms with van der Waals surface area (Å²) in [5.74, 6) is 1.63. The maximum Gasteiger partial charge on any atom is 0.184 e. The summed E-state index contributed by atoms with van der Waals surface area (Å²) in [5.41, 5.74) is 11.2. The molecule has 0 saturated carbocycles. The maximum atomic E-state index is 5.78. The van der Waals surface area contributed by atoms with Crippen LogP contribution in [0.5, 0.6) is 11.5 Å². The second kappa shape index (κ2) is 9.64. The van der Waals surface area contributed by atoms with Crippen LogP contribution >= 0.6 is 12.2 Å². The largest absolute Gasteiger partial charge is 0.490 e. The summed E-state index contributed by atoms with van der Waals surface area (Å²) >= 11 is 4.69. The highest BCUT2D eigenvalue weighted by molar-refractivity contribution is 7.80. The normalized spacial score (nSPS) is 10.6. The van der Waals surface area contributed by atoms with Crippen LogP contribution in [0.3, 0.4) is 0 Å². The third-order valence-electron chi connectivity index (χ3n) is 3.39. The molecule has 0 heterocycles. The molecule has 0 aliphatic heterocycles. The van der Waals surface area contributed by atoms with Crippen LogP contribution in [0.25, 0.3) is 0 Å². The van der Waals surface area contributed by atoms with E-state index < -0.39 is 0 Å². The summed E-state index contributed by atoms with van der Waals surface area (Å²) in [4.78, 5) is 0. The molecule has 3 N–H and O–H groups in total. The first-order valence-corrected chi connectivity index (χ1v) is 8.52. The van der Waals surface area contributed by atoms with Gasteiger partial charge in [-0.15, -0.1) is 0 Å². The van der Waals surface area contributed by atoms with Crippen molar-refractivity contribution >= 4 is 23.5 Å². The van der Waals surface area contributed by atoms with E-state index in [0.717, 1.165) is 23.5 Å². The standard InChI is InChI=1S/C19H23N3O2S/c1-3-15-9-14(2)10-18(11-15)24-8-7-23-17-6-4-5-16(12-17)13-21-22-19(20)25/h4-6,9-13H,3,7-8H2,1-2H3,(H3,20,22,25)/b21-13-. The van der Waals surface area contributed by atoms with E-state index in [-0.39, 0.29) is 5.11 Å². The van der Waals surface area contributed by atoms with Gasteiger partial charge in [0.05, 0.1) is 6.21 Å². The first-order valence-electron chi connectivity index (χ1n) is 8.11. The van der Waals surface area contributed by atoms with E-state index in [4.69, 9.17) is 15.2 Å². The van der Waals surface area contributed by atoms with Crippen molar-refractivity contribution in [1.82, 2.24) is 5.43 Å². The average Bonchev–Trinajstić information content (AvgIpc) is 2.58. The Hall–Kier alpha value is -2.60. The highest BCUT2D eigenvalue weighted by atomic mass is 32.1. The number of hydrogen-bond donors (Lipinski definition) is 2. The second-order valence-corrected chi connectivity index (χ2v) is 5.95. The highest BCUT2D eigenvalue weighted by Crippen LogP contribution is 2.17. The maximum absolute atomic E-state index is 5.78. The van der Waals surface area contributed by atoms with E-state index in [0.29, 0.717) is 13.2 Å². The molecule has 2 aromatic rings. The molecule has 0 aliphatic carbocycles. The Balaban J connectivity index is 1.82. The number of nitrogens with zero attached hydrogens (tertiary/aromatic N) is 1. The number of hydrogen-bond acceptors (Lipinski definition) is 4. The van der Waals surface area contributed by atoms with Crippen LogP contribution in [0.15, 0.2) is 47.6 Å². The molecule has 0 unspecified atom stereocenters. The van der Waals surface area contributed by atoms with Gasteiger partial charge in [0, 0.05) is 0 Å². The van der Waals surface area contributed by atoms with Gasteiger partial charge in [0.15, 0.2) is 5.11 Å². The summed E-state index contributed by atoms with van der Waals surface area (Å²) in [7, 11) is 0. The minimum absolute atomic E-state index is 0.128. The molecular formula is C19H23N3O2S. The number of ether oxygens (including phenoxy) is 2. The van der Waals surface area contributed by atoms with Crippen LogP contribution in [-0.4, -0.2) is 24.5 Å². The van der Waals surface area contributed by atoms with Gasteiger partial charge in [-0.2, -0.15) is 5.10 Å². The molecule has 6 heteroatoms. The van der Waals surface area contributed by atoms with Gasteiger partial charge in [-0.3, -0.25) is 5.43 Å². The van der Waals surface area contributed by atoms with Gasteiger partial charge in [-0.1, -0.05) is 25.1 Å². The van der Waals surface area contributed by atoms with Crippen molar-refractivity contribution < 1.29 is 9.47 Å². The van der Waals surface area contributed by atoms with Crippen molar-refractivity contribution in [3.8, 4) is 11.5 Å². The van der Waals surface area contributed by atoms with E-state index in [2.05, 4.69) is 48.7 Å². The minimum Gasteiger partial charge on any atom is -0.490 e. The molecule has 0 bridgehead atoms. The lowest BCUT2D eigenvalue weighted by molar-refractivity contribution is 0.217. The monoisotopic (exact) mass is 357 g/mol. The summed E-state index contributed by atoms with van der Waals surface area (Å²) in [6.45, 7) is 5.14. The van der Waals surface area contributed by atoms with E-state index in [1.807, 2.05) is 30.3 Å². The molecule has 132 valence electrons. The van der Waals surface area contributed by atoms with Crippen LogP contribution in [0, 0.1) is 6.92 Å². The molecule has 2 aromatic carbocycles. The van der Waals surface area contributed by atoms with E-state index in [9.17, 15) is 0 Å². The number of nitrogens with one attached hydrogen (secondary N) is 1. The summed E-state index contributed by atoms with van der Waals surface area (Å²) < 4.78 is 11.5. The van der Waals surface area contributed by atoms with Crippen LogP contribution in [-0.2, 0) is 6.42 Å². The Morgan fingerprint density at radius 2 is 1.92 bits per heavy atom. The van der Waals surface area contributed by atoms with Crippen LogP contribution < -0.4 is 20.6 Å². The molecule has 0 aromatic heterocycles. The molecule has 0 amide bonds. The summed E-state index contributed by atoms with van der Waals surface area (Å²) in [6, 6.07) is 13.8. The van der Waals surface area contributed by atoms with Crippen LogP contribution in [0.2, 0.25) is 0 Å². The van der Waals surface area contributed by atoms with Gasteiger partial charge in [0.25, 0.3) is 0 Å². The van der Waals surface area contributed by atoms with Gasteiger partial charge < -0.3 is 15.2 Å². The number of thiocarbonyl (C=S) groups is 1. The first-order chi connectivity index (χ1) is 12.1. The van der Waals surface area contributed by atoms with E-state index >= 15 is 0 Å². The highest BCUT2D eigenvalue weighted by Gasteiger charge is 2.00. The van der Waals surface area contributed by atoms with Gasteiger partial charge in [-0.25, -0.2) is 0 Å². The smallest absolute Gasteiger partial charge is 0.184 e. The van der Waals surface area contributed by atoms with E-state index in [1.165, 1.54) is 11.1 Å². The lowest BCUT2D eigenvalue weighted by atomic mass is 10.1. The molecule has 0 spiro atoms. The Morgan fingerprint density at radius 1 is 1.16 bits per heavy atom. The van der Waals surface area contributed by atoms with E-state index in [1.54, 1.807) is 6.21 Å². The molecule has 0 radical (unpaired) electrons. The number of rotatable bonds is 8. The molecule has 2 rings (SSSR count). The van der Waals surface area contributed by atoms with Crippen LogP contribution in [0.1, 0.15) is 23.6 Å². The fraction of sp³-hybridized carbons (Fsp3) is 0.263. The molecule has 0 fully saturated rings. The lowest BCUT2D eigenvalue weighted by Gasteiger charge is -2.10. The first kappa shape index (κ1) is 18.7. The number of benzene rings is 2. The summed E-state index contributed by atoms with van der Waals surface area (Å²) in [6.07, 6.45) is 2.62. The predicted molar refractivity (Wildman–Crippen MR) is 106 cm³/mol. The Bertz CT molecular complexity index is 747. The fourth-order valence-electron chi connectivity index (χ4n) is 2.29. The molecule has 0 saturated heterocycles. The Morgan fingerprint density at radius 3 is 2.64 bits per heavy atom. The second-order valence-electron chi connectivity index (χ2n) is 5.51. The summed E-state index contributed by atoms with van der Waals surface area (Å²) in [5, 5.41) is 4.05. The third kappa shape index (κ3) is 6.81. The third-order valence-corrected chi connectivity index (χ3v) is 3.48. The van der Waals surface area contributed by atoms with Crippen molar-refractivity contribution in [2.45, 2.75) is 20.3 Å². The van der Waals surface area contributed by atoms with Crippen molar-refractivity contribution in [2.24, 2.45) is 10.8 Å². The Labute approximate surface area is 153 Å². The molecule has 25 heavy (non-hydrogen) atoms. The average molecular weight is 357 g/mol. The van der Waals surface area contributed by atoms with Gasteiger partial charge >= 0.3 is 0 Å². The van der Waals surface area contributed by atoms with Gasteiger partial charge in [-0.05, 0) is 66.5 Å². The zero-order valence-corrected chi connectivity index (χ0v) is 15.3. The topological polar surface area (TPSA) is 68.9 Å². The number of aryl methyl sites for hydroxylation is 2. The van der Waals surface area contributed by atoms with Gasteiger partial charge in [0.2, 0.25) is 0 Å². The zero-order chi connectivity index (χ0) is 18.1. The Kier molecular flexibility index (Phi) is 7.22. The minimum atomic E-state index is 0.128. The van der Waals surface area contributed by atoms with Crippen LogP contribution in [0.4, 0.5) is 0 Å². The molecule has 5 nitrogen and oxygen atoms in total. The molecule has 0 aliphatic rings.